The van der Waals surface area contributed by atoms with E-state index in [4.69, 9.17) is 0 Å². The molecule has 0 radical (unpaired) electrons. The summed E-state index contributed by atoms with van der Waals surface area (Å²) in [6, 6.07) is 0. The summed E-state index contributed by atoms with van der Waals surface area (Å²) in [5.74, 6) is 0.173. The van der Waals surface area contributed by atoms with Crippen LogP contribution >= 0.6 is 0 Å². The monoisotopic (exact) mass is 199 g/mol. The molecule has 0 aromatic carbocycles. The third kappa shape index (κ3) is 2.45. The third-order valence-corrected chi connectivity index (χ3v) is 3.04. The van der Waals surface area contributed by atoms with E-state index in [1.54, 1.807) is 5.01 Å². The predicted octanol–water partition coefficient (Wildman–Crippen LogP) is 0.359. The number of amides is 1. The normalized spacial score (nSPS) is 20.9. The standard InChI is InChI=1S/C10H21N3O/c1-4-10(5-7-11-8-6-10)9(14)12-13(2)3/h11H,4-8H2,1-3H3,(H,12,14). The Bertz CT molecular complexity index is 198. The fourth-order valence-electron chi connectivity index (χ4n) is 1.97. The van der Waals surface area contributed by atoms with Crippen LogP contribution in [0.2, 0.25) is 0 Å². The minimum absolute atomic E-state index is 0.143. The molecule has 1 aliphatic rings. The SMILES string of the molecule is CCC1(C(=O)NN(C)C)CCNCC1. The molecule has 0 saturated carbocycles. The molecule has 0 spiro atoms. The molecular weight excluding hydrogens is 178 g/mol. The second-order valence-corrected chi connectivity index (χ2v) is 4.22. The molecule has 0 atom stereocenters. The summed E-state index contributed by atoms with van der Waals surface area (Å²) >= 11 is 0. The van der Waals surface area contributed by atoms with Crippen molar-refractivity contribution in [3.05, 3.63) is 0 Å². The van der Waals surface area contributed by atoms with Gasteiger partial charge in [-0.15, -0.1) is 0 Å². The fourth-order valence-corrected chi connectivity index (χ4v) is 1.97. The van der Waals surface area contributed by atoms with Gasteiger partial charge in [0.1, 0.15) is 0 Å². The summed E-state index contributed by atoms with van der Waals surface area (Å²) in [6.07, 6.45) is 2.82. The number of hydrogen-bond acceptors (Lipinski definition) is 3. The molecule has 1 fully saturated rings. The number of carbonyl (C=O) groups is 1. The Morgan fingerprint density at radius 2 is 2.00 bits per heavy atom. The van der Waals surface area contributed by atoms with Crippen molar-refractivity contribution in [3.63, 3.8) is 0 Å². The average molecular weight is 199 g/mol. The van der Waals surface area contributed by atoms with Gasteiger partial charge in [0.15, 0.2) is 0 Å². The van der Waals surface area contributed by atoms with Crippen LogP contribution in [0.4, 0.5) is 0 Å². The molecule has 0 aromatic heterocycles. The largest absolute Gasteiger partial charge is 0.317 e. The highest BCUT2D eigenvalue weighted by molar-refractivity contribution is 5.82. The zero-order valence-electron chi connectivity index (χ0n) is 9.39. The first kappa shape index (κ1) is 11.5. The van der Waals surface area contributed by atoms with Gasteiger partial charge in [0, 0.05) is 14.1 Å². The lowest BCUT2D eigenvalue weighted by atomic mass is 9.76. The highest BCUT2D eigenvalue weighted by Gasteiger charge is 2.37. The van der Waals surface area contributed by atoms with Gasteiger partial charge in [0.2, 0.25) is 5.91 Å². The summed E-state index contributed by atoms with van der Waals surface area (Å²) in [6.45, 7) is 4.00. The van der Waals surface area contributed by atoms with Crippen LogP contribution in [0, 0.1) is 5.41 Å². The van der Waals surface area contributed by atoms with E-state index in [2.05, 4.69) is 17.7 Å². The van der Waals surface area contributed by atoms with E-state index in [0.29, 0.717) is 0 Å². The smallest absolute Gasteiger partial charge is 0.240 e. The second-order valence-electron chi connectivity index (χ2n) is 4.22. The van der Waals surface area contributed by atoms with Gasteiger partial charge in [-0.1, -0.05) is 6.92 Å². The maximum Gasteiger partial charge on any atom is 0.240 e. The molecule has 0 aromatic rings. The molecule has 0 bridgehead atoms. The van der Waals surface area contributed by atoms with E-state index >= 15 is 0 Å². The van der Waals surface area contributed by atoms with Gasteiger partial charge in [-0.2, -0.15) is 0 Å². The highest BCUT2D eigenvalue weighted by Crippen LogP contribution is 2.32. The average Bonchev–Trinajstić information content (AvgIpc) is 2.18. The van der Waals surface area contributed by atoms with E-state index in [0.717, 1.165) is 32.4 Å². The summed E-state index contributed by atoms with van der Waals surface area (Å²) < 4.78 is 0. The first-order valence-electron chi connectivity index (χ1n) is 5.30. The number of carbonyl (C=O) groups excluding carboxylic acids is 1. The second kappa shape index (κ2) is 4.75. The van der Waals surface area contributed by atoms with Gasteiger partial charge in [-0.25, -0.2) is 5.01 Å². The first-order chi connectivity index (χ1) is 6.60. The van der Waals surface area contributed by atoms with E-state index < -0.39 is 0 Å². The molecule has 1 amide bonds. The van der Waals surface area contributed by atoms with Gasteiger partial charge in [-0.05, 0) is 32.4 Å². The van der Waals surface area contributed by atoms with E-state index in [1.165, 1.54) is 0 Å². The Hall–Kier alpha value is -0.610. The topological polar surface area (TPSA) is 44.4 Å². The van der Waals surface area contributed by atoms with Crippen molar-refractivity contribution in [1.29, 1.82) is 0 Å². The number of nitrogens with one attached hydrogen (secondary N) is 2. The Morgan fingerprint density at radius 1 is 1.43 bits per heavy atom. The van der Waals surface area contributed by atoms with E-state index in [1.807, 2.05) is 14.1 Å². The molecule has 1 aliphatic heterocycles. The molecule has 4 heteroatoms. The van der Waals surface area contributed by atoms with Crippen LogP contribution in [0.25, 0.3) is 0 Å². The molecule has 1 heterocycles. The Balaban J connectivity index is 2.62. The first-order valence-corrected chi connectivity index (χ1v) is 5.30. The zero-order chi connectivity index (χ0) is 10.6. The summed E-state index contributed by atoms with van der Waals surface area (Å²) in [7, 11) is 3.70. The molecule has 0 aliphatic carbocycles. The van der Waals surface area contributed by atoms with E-state index in [-0.39, 0.29) is 11.3 Å². The number of hydrogen-bond donors (Lipinski definition) is 2. The minimum atomic E-state index is -0.143. The maximum absolute atomic E-state index is 12.0. The van der Waals surface area contributed by atoms with Gasteiger partial charge in [0.05, 0.1) is 5.41 Å². The molecular formula is C10H21N3O. The summed E-state index contributed by atoms with van der Waals surface area (Å²) in [5, 5.41) is 5.01. The van der Waals surface area contributed by atoms with Gasteiger partial charge in [-0.3, -0.25) is 10.2 Å². The number of nitrogens with zero attached hydrogens (tertiary/aromatic N) is 1. The lowest BCUT2D eigenvalue weighted by Crippen LogP contribution is -2.50. The van der Waals surface area contributed by atoms with Crippen molar-refractivity contribution in [3.8, 4) is 0 Å². The van der Waals surface area contributed by atoms with Crippen molar-refractivity contribution in [2.45, 2.75) is 26.2 Å². The van der Waals surface area contributed by atoms with Crippen LogP contribution in [0.15, 0.2) is 0 Å². The molecule has 2 N–H and O–H groups in total. The molecule has 1 rings (SSSR count). The van der Waals surface area contributed by atoms with Gasteiger partial charge < -0.3 is 5.32 Å². The Kier molecular flexibility index (Phi) is 3.89. The van der Waals surface area contributed by atoms with Crippen molar-refractivity contribution >= 4 is 5.91 Å². The molecule has 14 heavy (non-hydrogen) atoms. The molecule has 4 nitrogen and oxygen atoms in total. The Labute approximate surface area is 86.0 Å². The quantitative estimate of drug-likeness (QED) is 0.645. The summed E-state index contributed by atoms with van der Waals surface area (Å²) in [4.78, 5) is 12.0. The van der Waals surface area contributed by atoms with Crippen LogP contribution in [-0.4, -0.2) is 38.1 Å². The van der Waals surface area contributed by atoms with Crippen molar-refractivity contribution in [2.75, 3.05) is 27.2 Å². The van der Waals surface area contributed by atoms with Crippen LogP contribution in [0.3, 0.4) is 0 Å². The van der Waals surface area contributed by atoms with Gasteiger partial charge in [0.25, 0.3) is 0 Å². The van der Waals surface area contributed by atoms with Gasteiger partial charge >= 0.3 is 0 Å². The highest BCUT2D eigenvalue weighted by atomic mass is 16.2. The summed E-state index contributed by atoms with van der Waals surface area (Å²) in [5.41, 5.74) is 2.73. The third-order valence-electron chi connectivity index (χ3n) is 3.04. The molecule has 1 saturated heterocycles. The fraction of sp³-hybridized carbons (Fsp3) is 0.900. The number of hydrazine groups is 1. The van der Waals surface area contributed by atoms with Crippen molar-refractivity contribution < 1.29 is 4.79 Å². The number of piperidine rings is 1. The lowest BCUT2D eigenvalue weighted by Gasteiger charge is -2.36. The molecule has 0 unspecified atom stereocenters. The van der Waals surface area contributed by atoms with Crippen LogP contribution in [-0.2, 0) is 4.79 Å². The van der Waals surface area contributed by atoms with Crippen molar-refractivity contribution in [2.24, 2.45) is 5.41 Å². The maximum atomic E-state index is 12.0. The number of rotatable bonds is 3. The lowest BCUT2D eigenvalue weighted by molar-refractivity contribution is -0.137. The zero-order valence-corrected chi connectivity index (χ0v) is 9.39. The minimum Gasteiger partial charge on any atom is -0.317 e. The van der Waals surface area contributed by atoms with Crippen molar-refractivity contribution in [1.82, 2.24) is 15.8 Å². The van der Waals surface area contributed by atoms with Crippen LogP contribution in [0.1, 0.15) is 26.2 Å². The predicted molar refractivity (Wildman–Crippen MR) is 56.7 cm³/mol. The van der Waals surface area contributed by atoms with Crippen LogP contribution in [0.5, 0.6) is 0 Å². The Morgan fingerprint density at radius 3 is 2.43 bits per heavy atom. The van der Waals surface area contributed by atoms with E-state index in [9.17, 15) is 4.79 Å². The molecule has 82 valence electrons. The van der Waals surface area contributed by atoms with Crippen LogP contribution < -0.4 is 10.7 Å².